The fourth-order valence-electron chi connectivity index (χ4n) is 0.902. The van der Waals surface area contributed by atoms with Crippen molar-refractivity contribution in [2.24, 2.45) is 31.9 Å². The number of hydrogen-bond donors (Lipinski definition) is 2. The second-order valence-corrected chi connectivity index (χ2v) is 4.89. The van der Waals surface area contributed by atoms with Crippen LogP contribution in [0.1, 0.15) is 26.7 Å². The molecule has 0 aromatic heterocycles. The molecule has 0 heterocycles. The van der Waals surface area contributed by atoms with E-state index in [1.54, 1.807) is 13.8 Å². The van der Waals surface area contributed by atoms with Crippen molar-refractivity contribution in [3.05, 3.63) is 0 Å². The number of carbonyl (C=O) groups excluding carboxylic acids is 2. The molecule has 0 atom stereocenters. The van der Waals surface area contributed by atoms with Crippen LogP contribution in [0.3, 0.4) is 0 Å². The molecule has 0 bridgehead atoms. The Morgan fingerprint density at radius 1 is 0.800 bits per heavy atom. The first kappa shape index (κ1) is 28.0. The Morgan fingerprint density at radius 3 is 1.28 bits per heavy atom. The van der Waals surface area contributed by atoms with Crippen molar-refractivity contribution < 1.29 is 35.8 Å². The van der Waals surface area contributed by atoms with Gasteiger partial charge in [-0.25, -0.2) is 0 Å². The van der Waals surface area contributed by atoms with Crippen LogP contribution in [0.4, 0.5) is 0 Å². The molecule has 4 N–H and O–H groups in total. The zero-order chi connectivity index (χ0) is 19.1. The van der Waals surface area contributed by atoms with E-state index in [1.807, 2.05) is 0 Å². The van der Waals surface area contributed by atoms with Crippen molar-refractivity contribution in [1.82, 2.24) is 0 Å². The zero-order valence-corrected chi connectivity index (χ0v) is 16.8. The van der Waals surface area contributed by atoms with E-state index in [-0.39, 0.29) is 51.9 Å². The maximum absolute atomic E-state index is 10.7. The van der Waals surface area contributed by atoms with Gasteiger partial charge >= 0.3 is 28.7 Å². The van der Waals surface area contributed by atoms with E-state index in [0.717, 1.165) is 0 Å². The third kappa shape index (κ3) is 22.2. The zero-order valence-electron chi connectivity index (χ0n) is 14.1. The van der Waals surface area contributed by atoms with Gasteiger partial charge in [0.1, 0.15) is 0 Å². The first-order valence-corrected chi connectivity index (χ1v) is 7.14. The molecule has 0 aliphatic heterocycles. The average molecular weight is 435 g/mol. The Bertz CT molecular complexity index is 496. The topological polar surface area (TPSA) is 154 Å². The van der Waals surface area contributed by atoms with Gasteiger partial charge in [0.15, 0.2) is 0 Å². The molecule has 0 saturated heterocycles. The maximum Gasteiger partial charge on any atom is 2.00 e. The second-order valence-electron chi connectivity index (χ2n) is 4.05. The molecule has 143 valence electrons. The smallest absolute Gasteiger partial charge is 0.741 e. The molecule has 0 aliphatic rings. The molecule has 1 radical (unpaired) electrons. The second kappa shape index (κ2) is 17.0. The number of amidine groups is 2. The molecule has 13 heteroatoms. The molecule has 0 aliphatic carbocycles. The minimum atomic E-state index is -0.366. The number of ether oxygens (including phenoxy) is 2. The SMILES string of the molecule is COC(=O)C/C(C)=N/N=C(/N)[S-].COC(=O)C/C(C)=N/N=C(/N)[S-].[Co+2]. The standard InChI is InChI=1S/2C6H11N3O2S.Co/c2*1-4(3-5(10)11-2)8-9-6(7)12;/h2*3H2,1-2H3,(H3,7,9,12);/q;;+2/p-2/b2*8-4+;. The van der Waals surface area contributed by atoms with Crippen LogP contribution in [0, 0.1) is 0 Å². The van der Waals surface area contributed by atoms with Gasteiger partial charge in [-0.2, -0.15) is 20.4 Å². The molecule has 0 spiro atoms. The maximum atomic E-state index is 10.7. The summed E-state index contributed by atoms with van der Waals surface area (Å²) in [6.45, 7) is 3.28. The van der Waals surface area contributed by atoms with Crippen LogP contribution in [-0.2, 0) is 61.1 Å². The molecule has 0 aromatic carbocycles. The number of rotatable bonds is 6. The van der Waals surface area contributed by atoms with E-state index in [4.69, 9.17) is 11.5 Å². The Labute approximate surface area is 167 Å². The quantitative estimate of drug-likeness (QED) is 0.187. The van der Waals surface area contributed by atoms with Gasteiger partial charge in [0.05, 0.1) is 27.1 Å². The van der Waals surface area contributed by atoms with Gasteiger partial charge in [0.25, 0.3) is 0 Å². The number of hydrogen-bond acceptors (Lipinski definition) is 10. The van der Waals surface area contributed by atoms with Crippen LogP contribution in [0.5, 0.6) is 0 Å². The third-order valence-corrected chi connectivity index (χ3v) is 2.06. The third-order valence-electron chi connectivity index (χ3n) is 1.89. The van der Waals surface area contributed by atoms with Crippen LogP contribution >= 0.6 is 0 Å². The summed E-state index contributed by atoms with van der Waals surface area (Å²) in [4.78, 5) is 21.3. The number of nitrogens with zero attached hydrogens (tertiary/aromatic N) is 4. The van der Waals surface area contributed by atoms with E-state index >= 15 is 0 Å². The Kier molecular flexibility index (Phi) is 19.0. The number of methoxy groups -OCH3 is 2. The number of nitrogens with two attached hydrogens (primary N) is 2. The fraction of sp³-hybridized carbons (Fsp3) is 0.500. The van der Waals surface area contributed by atoms with Gasteiger partial charge in [0.2, 0.25) is 0 Å². The van der Waals surface area contributed by atoms with Crippen LogP contribution in [0.2, 0.25) is 0 Å². The molecule has 0 fully saturated rings. The minimum Gasteiger partial charge on any atom is -0.741 e. The van der Waals surface area contributed by atoms with Gasteiger partial charge in [-0.05, 0) is 24.2 Å². The van der Waals surface area contributed by atoms with E-state index in [1.165, 1.54) is 14.2 Å². The number of carbonyl (C=O) groups is 2. The molecule has 0 aromatic rings. The van der Waals surface area contributed by atoms with Crippen molar-refractivity contribution in [3.63, 3.8) is 0 Å². The van der Waals surface area contributed by atoms with E-state index in [0.29, 0.717) is 11.4 Å². The van der Waals surface area contributed by atoms with Crippen molar-refractivity contribution in [2.45, 2.75) is 26.7 Å². The number of esters is 2. The predicted molar refractivity (Wildman–Crippen MR) is 97.5 cm³/mol. The summed E-state index contributed by atoms with van der Waals surface area (Å²) in [6.07, 6.45) is 0.200. The monoisotopic (exact) mass is 435 g/mol. The Balaban J connectivity index is -0.000000372. The van der Waals surface area contributed by atoms with Gasteiger partial charge in [-0.1, -0.05) is 0 Å². The van der Waals surface area contributed by atoms with Gasteiger partial charge in [-0.15, -0.1) is 0 Å². The van der Waals surface area contributed by atoms with Crippen LogP contribution in [0.15, 0.2) is 20.4 Å². The summed E-state index contributed by atoms with van der Waals surface area (Å²) in [6, 6.07) is 0. The van der Waals surface area contributed by atoms with Crippen LogP contribution in [0.25, 0.3) is 0 Å². The molecule has 25 heavy (non-hydrogen) atoms. The summed E-state index contributed by atoms with van der Waals surface area (Å²) < 4.78 is 8.80. The molecular formula is C12H20CoN6O4S2. The van der Waals surface area contributed by atoms with Crippen molar-refractivity contribution in [1.29, 1.82) is 0 Å². The predicted octanol–water partition coefficient (Wildman–Crippen LogP) is -0.428. The largest absolute Gasteiger partial charge is 2.00 e. The van der Waals surface area contributed by atoms with E-state index in [2.05, 4.69) is 55.1 Å². The normalized spacial score (nSPS) is 12.3. The summed E-state index contributed by atoms with van der Waals surface area (Å²) in [5.41, 5.74) is 11.1. The molecule has 0 amide bonds. The summed E-state index contributed by atoms with van der Waals surface area (Å²) in [5, 5.41) is 13.9. The van der Waals surface area contributed by atoms with Crippen molar-refractivity contribution in [2.75, 3.05) is 14.2 Å². The van der Waals surface area contributed by atoms with Crippen molar-refractivity contribution in [3.8, 4) is 0 Å². The molecular weight excluding hydrogens is 415 g/mol. The minimum absolute atomic E-state index is 0. The summed E-state index contributed by atoms with van der Waals surface area (Å²) in [7, 11) is 2.61. The summed E-state index contributed by atoms with van der Waals surface area (Å²) in [5.74, 6) is -0.733. The molecule has 10 nitrogen and oxygen atoms in total. The van der Waals surface area contributed by atoms with E-state index in [9.17, 15) is 9.59 Å². The van der Waals surface area contributed by atoms with Gasteiger partial charge in [0, 0.05) is 11.4 Å². The van der Waals surface area contributed by atoms with Crippen LogP contribution < -0.4 is 11.5 Å². The molecule has 0 rings (SSSR count). The van der Waals surface area contributed by atoms with Gasteiger partial charge < -0.3 is 46.2 Å². The molecule has 0 unspecified atom stereocenters. The molecule has 0 saturated carbocycles. The Hall–Kier alpha value is -1.83. The fourth-order valence-corrected chi connectivity index (χ4v) is 0.984. The van der Waals surface area contributed by atoms with Gasteiger partial charge in [-0.3, -0.25) is 9.59 Å². The average Bonchev–Trinajstić information content (AvgIpc) is 2.51. The Morgan fingerprint density at radius 2 is 1.08 bits per heavy atom. The van der Waals surface area contributed by atoms with E-state index < -0.39 is 0 Å². The first-order valence-electron chi connectivity index (χ1n) is 6.33. The summed E-state index contributed by atoms with van der Waals surface area (Å²) >= 11 is 8.89. The first-order chi connectivity index (χ1) is 11.1. The van der Waals surface area contributed by atoms with Crippen LogP contribution in [-0.4, -0.2) is 47.9 Å². The van der Waals surface area contributed by atoms with Crippen molar-refractivity contribution >= 4 is 59.0 Å².